The highest BCUT2D eigenvalue weighted by atomic mass is 16.5. The van der Waals surface area contributed by atoms with E-state index in [-0.39, 0.29) is 5.78 Å². The number of hydrogen-bond donors (Lipinski definition) is 0. The first-order valence-electron chi connectivity index (χ1n) is 5.30. The van der Waals surface area contributed by atoms with E-state index in [0.29, 0.717) is 32.2 Å². The van der Waals surface area contributed by atoms with Gasteiger partial charge < -0.3 is 4.74 Å². The molecule has 0 N–H and O–H groups in total. The number of methoxy groups -OCH3 is 1. The van der Waals surface area contributed by atoms with Crippen LogP contribution in [-0.4, -0.2) is 25.4 Å². The van der Waals surface area contributed by atoms with Gasteiger partial charge >= 0.3 is 5.97 Å². The van der Waals surface area contributed by atoms with Gasteiger partial charge in [-0.25, -0.2) is 0 Å². The molecule has 1 aliphatic rings. The predicted octanol–water partition coefficient (Wildman–Crippen LogP) is 1.99. The molecule has 0 saturated heterocycles. The van der Waals surface area contributed by atoms with Crippen molar-refractivity contribution in [2.24, 2.45) is 10.5 Å². The minimum Gasteiger partial charge on any atom is -0.468 e. The summed E-state index contributed by atoms with van der Waals surface area (Å²) in [7, 11) is 1.29. The molecule has 6 nitrogen and oxygen atoms in total. The first-order valence-corrected chi connectivity index (χ1v) is 5.30. The van der Waals surface area contributed by atoms with Gasteiger partial charge in [-0.15, -0.1) is 0 Å². The molecule has 16 heavy (non-hydrogen) atoms. The highest BCUT2D eigenvalue weighted by molar-refractivity contribution is 6.05. The number of esters is 1. The Morgan fingerprint density at radius 2 is 2.44 bits per heavy atom. The molecule has 0 aromatic heterocycles. The first kappa shape index (κ1) is 12.5. The lowest BCUT2D eigenvalue weighted by molar-refractivity contribution is -0.157. The quantitative estimate of drug-likeness (QED) is 0.179. The van der Waals surface area contributed by atoms with Crippen LogP contribution < -0.4 is 0 Å². The molecule has 6 heteroatoms. The molecule has 1 unspecified atom stereocenters. The Morgan fingerprint density at radius 1 is 1.69 bits per heavy atom. The fourth-order valence-corrected chi connectivity index (χ4v) is 2.20. The summed E-state index contributed by atoms with van der Waals surface area (Å²) in [5, 5.41) is 3.39. The van der Waals surface area contributed by atoms with Crippen LogP contribution in [0.4, 0.5) is 0 Å². The molecule has 1 aliphatic carbocycles. The van der Waals surface area contributed by atoms with E-state index in [2.05, 4.69) is 10.0 Å². The van der Waals surface area contributed by atoms with Gasteiger partial charge in [0.2, 0.25) is 0 Å². The molecule has 0 bridgehead atoms. The van der Waals surface area contributed by atoms with Crippen LogP contribution in [0, 0.1) is 5.41 Å². The molecule has 0 aliphatic heterocycles. The van der Waals surface area contributed by atoms with Crippen molar-refractivity contribution in [1.82, 2.24) is 0 Å². The summed E-state index contributed by atoms with van der Waals surface area (Å²) in [5.74, 6) is -0.490. The van der Waals surface area contributed by atoms with Gasteiger partial charge in [-0.2, -0.15) is 0 Å². The third-order valence-electron chi connectivity index (χ3n) is 3.04. The monoisotopic (exact) mass is 225 g/mol. The lowest BCUT2D eigenvalue weighted by Gasteiger charge is -2.23. The largest absolute Gasteiger partial charge is 0.468 e. The van der Waals surface area contributed by atoms with Gasteiger partial charge in [-0.1, -0.05) is 5.11 Å². The molecule has 1 atom stereocenters. The Labute approximate surface area is 93.6 Å². The smallest absolute Gasteiger partial charge is 0.319 e. The van der Waals surface area contributed by atoms with Crippen LogP contribution >= 0.6 is 0 Å². The highest BCUT2D eigenvalue weighted by Gasteiger charge is 2.48. The van der Waals surface area contributed by atoms with E-state index in [4.69, 9.17) is 10.3 Å². The lowest BCUT2D eigenvalue weighted by atomic mass is 9.80. The Bertz CT molecular complexity index is 336. The van der Waals surface area contributed by atoms with E-state index >= 15 is 0 Å². The van der Waals surface area contributed by atoms with E-state index in [9.17, 15) is 9.59 Å². The average molecular weight is 225 g/mol. The summed E-state index contributed by atoms with van der Waals surface area (Å²) in [5.41, 5.74) is 7.16. The SMILES string of the molecule is COC(=O)C1(CCCN=[N+]=[N-])CCCC1=O. The predicted molar refractivity (Wildman–Crippen MR) is 56.6 cm³/mol. The molecule has 0 heterocycles. The molecule has 1 saturated carbocycles. The maximum Gasteiger partial charge on any atom is 0.319 e. The van der Waals surface area contributed by atoms with Gasteiger partial charge in [0, 0.05) is 17.9 Å². The van der Waals surface area contributed by atoms with Crippen molar-refractivity contribution in [2.75, 3.05) is 13.7 Å². The topological polar surface area (TPSA) is 92.1 Å². The van der Waals surface area contributed by atoms with Gasteiger partial charge in [-0.3, -0.25) is 9.59 Å². The molecule has 1 fully saturated rings. The second-order valence-corrected chi connectivity index (χ2v) is 3.91. The van der Waals surface area contributed by atoms with Gasteiger partial charge in [0.1, 0.15) is 11.2 Å². The van der Waals surface area contributed by atoms with E-state index in [1.807, 2.05) is 0 Å². The van der Waals surface area contributed by atoms with Gasteiger partial charge in [0.15, 0.2) is 0 Å². The minimum atomic E-state index is -0.972. The van der Waals surface area contributed by atoms with E-state index < -0.39 is 11.4 Å². The van der Waals surface area contributed by atoms with Crippen molar-refractivity contribution in [3.05, 3.63) is 10.4 Å². The average Bonchev–Trinajstić information content (AvgIpc) is 2.66. The second-order valence-electron chi connectivity index (χ2n) is 3.91. The van der Waals surface area contributed by atoms with Crippen LogP contribution in [-0.2, 0) is 14.3 Å². The summed E-state index contributed by atoms with van der Waals surface area (Å²) < 4.78 is 4.70. The number of carbonyl (C=O) groups is 2. The van der Waals surface area contributed by atoms with Crippen LogP contribution in [0.3, 0.4) is 0 Å². The summed E-state index contributed by atoms with van der Waals surface area (Å²) in [6.07, 6.45) is 2.67. The number of ether oxygens (including phenoxy) is 1. The zero-order valence-electron chi connectivity index (χ0n) is 9.31. The fraction of sp³-hybridized carbons (Fsp3) is 0.800. The van der Waals surface area contributed by atoms with Crippen LogP contribution in [0.15, 0.2) is 5.11 Å². The first-order chi connectivity index (χ1) is 7.67. The van der Waals surface area contributed by atoms with E-state index in [1.165, 1.54) is 7.11 Å². The molecular weight excluding hydrogens is 210 g/mol. The molecular formula is C10H15N3O3. The summed E-state index contributed by atoms with van der Waals surface area (Å²) in [6, 6.07) is 0. The number of carbonyl (C=O) groups excluding carboxylic acids is 2. The zero-order valence-corrected chi connectivity index (χ0v) is 9.31. The van der Waals surface area contributed by atoms with Gasteiger partial charge in [0.25, 0.3) is 0 Å². The third kappa shape index (κ3) is 2.33. The molecule has 0 amide bonds. The Morgan fingerprint density at radius 3 is 2.94 bits per heavy atom. The summed E-state index contributed by atoms with van der Waals surface area (Å²) >= 11 is 0. The molecule has 1 rings (SSSR count). The Kier molecular flexibility index (Phi) is 4.31. The van der Waals surface area contributed by atoms with E-state index in [1.54, 1.807) is 0 Å². The normalized spacial score (nSPS) is 23.9. The van der Waals surface area contributed by atoms with Crippen LogP contribution in [0.5, 0.6) is 0 Å². The number of rotatable bonds is 5. The summed E-state index contributed by atoms with van der Waals surface area (Å²) in [6.45, 7) is 0.308. The molecule has 0 aromatic rings. The minimum absolute atomic E-state index is 0.0414. The molecule has 0 radical (unpaired) electrons. The van der Waals surface area contributed by atoms with Crippen molar-refractivity contribution in [2.45, 2.75) is 32.1 Å². The lowest BCUT2D eigenvalue weighted by Crippen LogP contribution is -2.36. The van der Waals surface area contributed by atoms with Crippen molar-refractivity contribution in [3.8, 4) is 0 Å². The Hall–Kier alpha value is -1.55. The maximum atomic E-state index is 11.8. The Balaban J connectivity index is 2.68. The number of Topliss-reactive ketones (excluding diaryl/α,β-unsaturated/α-hetero) is 1. The number of azide groups is 1. The van der Waals surface area contributed by atoms with Crippen molar-refractivity contribution >= 4 is 11.8 Å². The second kappa shape index (κ2) is 5.51. The molecule has 88 valence electrons. The van der Waals surface area contributed by atoms with E-state index in [0.717, 1.165) is 6.42 Å². The number of hydrogen-bond acceptors (Lipinski definition) is 4. The summed E-state index contributed by atoms with van der Waals surface area (Å²) in [4.78, 5) is 26.1. The standard InChI is InChI=1S/C10H15N3O3/c1-16-9(15)10(5-2-4-8(10)14)6-3-7-12-13-11/h2-7H2,1H3. The van der Waals surface area contributed by atoms with Crippen molar-refractivity contribution in [3.63, 3.8) is 0 Å². The van der Waals surface area contributed by atoms with Crippen molar-refractivity contribution < 1.29 is 14.3 Å². The number of nitrogens with zero attached hydrogens (tertiary/aromatic N) is 3. The fourth-order valence-electron chi connectivity index (χ4n) is 2.20. The number of ketones is 1. The highest BCUT2D eigenvalue weighted by Crippen LogP contribution is 2.40. The third-order valence-corrected chi connectivity index (χ3v) is 3.04. The van der Waals surface area contributed by atoms with Crippen molar-refractivity contribution in [1.29, 1.82) is 0 Å². The van der Waals surface area contributed by atoms with Gasteiger partial charge in [0.05, 0.1) is 7.11 Å². The zero-order chi connectivity index (χ0) is 12.0. The maximum absolute atomic E-state index is 11.8. The van der Waals surface area contributed by atoms with Crippen LogP contribution in [0.25, 0.3) is 10.4 Å². The molecule has 0 spiro atoms. The van der Waals surface area contributed by atoms with Gasteiger partial charge in [-0.05, 0) is 31.2 Å². The van der Waals surface area contributed by atoms with Crippen LogP contribution in [0.1, 0.15) is 32.1 Å². The molecule has 0 aromatic carbocycles. The van der Waals surface area contributed by atoms with Crippen LogP contribution in [0.2, 0.25) is 0 Å².